The lowest BCUT2D eigenvalue weighted by Crippen LogP contribution is -2.38. The number of anilines is 2. The van der Waals surface area contributed by atoms with Crippen molar-refractivity contribution in [1.29, 1.82) is 0 Å². The van der Waals surface area contributed by atoms with Crippen LogP contribution in [0.5, 0.6) is 5.75 Å². The molecule has 4 aromatic rings. The summed E-state index contributed by atoms with van der Waals surface area (Å²) >= 11 is 12.5. The predicted octanol–water partition coefficient (Wildman–Crippen LogP) is 6.71. The van der Waals surface area contributed by atoms with Crippen LogP contribution in [0, 0.1) is 6.92 Å². The summed E-state index contributed by atoms with van der Waals surface area (Å²) in [6.07, 6.45) is 0. The molecule has 190 valence electrons. The summed E-state index contributed by atoms with van der Waals surface area (Å²) in [7, 11) is -4.13. The van der Waals surface area contributed by atoms with E-state index in [1.54, 1.807) is 48.5 Å². The van der Waals surface area contributed by atoms with Gasteiger partial charge in [-0.05, 0) is 61.0 Å². The van der Waals surface area contributed by atoms with Crippen LogP contribution in [0.25, 0.3) is 0 Å². The summed E-state index contributed by atoms with van der Waals surface area (Å²) in [5.41, 5.74) is 2.53. The van der Waals surface area contributed by atoms with Gasteiger partial charge < -0.3 is 10.1 Å². The number of halogens is 2. The first kappa shape index (κ1) is 26.5. The van der Waals surface area contributed by atoms with Crippen molar-refractivity contribution in [3.63, 3.8) is 0 Å². The molecule has 0 bridgehead atoms. The molecule has 1 amide bonds. The van der Waals surface area contributed by atoms with E-state index in [4.69, 9.17) is 27.9 Å². The third-order valence-electron chi connectivity index (χ3n) is 5.48. The molecule has 0 radical (unpaired) electrons. The molecular weight excluding hydrogens is 531 g/mol. The fourth-order valence-corrected chi connectivity index (χ4v) is 5.41. The summed E-state index contributed by atoms with van der Waals surface area (Å²) < 4.78 is 33.8. The van der Waals surface area contributed by atoms with Gasteiger partial charge in [-0.2, -0.15) is 0 Å². The van der Waals surface area contributed by atoms with Crippen LogP contribution in [0.4, 0.5) is 11.4 Å². The lowest BCUT2D eigenvalue weighted by atomic mass is 10.2. The number of benzene rings is 4. The third kappa shape index (κ3) is 6.63. The van der Waals surface area contributed by atoms with Crippen LogP contribution >= 0.6 is 23.2 Å². The topological polar surface area (TPSA) is 75.7 Å². The zero-order valence-corrected chi connectivity index (χ0v) is 22.2. The Morgan fingerprint density at radius 2 is 1.54 bits per heavy atom. The normalized spacial score (nSPS) is 11.1. The monoisotopic (exact) mass is 554 g/mol. The van der Waals surface area contributed by atoms with Crippen molar-refractivity contribution in [3.05, 3.63) is 118 Å². The van der Waals surface area contributed by atoms with Gasteiger partial charge in [-0.3, -0.25) is 9.10 Å². The van der Waals surface area contributed by atoms with E-state index in [9.17, 15) is 13.2 Å². The van der Waals surface area contributed by atoms with Crippen LogP contribution in [0.15, 0.2) is 102 Å². The Hall–Kier alpha value is -3.52. The molecule has 0 unspecified atom stereocenters. The van der Waals surface area contributed by atoms with Crippen molar-refractivity contribution in [2.45, 2.75) is 18.4 Å². The van der Waals surface area contributed by atoms with E-state index in [1.807, 2.05) is 37.3 Å². The second-order valence-corrected chi connectivity index (χ2v) is 10.9. The van der Waals surface area contributed by atoms with Crippen LogP contribution in [-0.4, -0.2) is 20.9 Å². The highest BCUT2D eigenvalue weighted by molar-refractivity contribution is 7.92. The van der Waals surface area contributed by atoms with Crippen molar-refractivity contribution >= 4 is 50.5 Å². The summed E-state index contributed by atoms with van der Waals surface area (Å²) in [6, 6.07) is 27.6. The SMILES string of the molecule is Cc1ccc(S(=O)(=O)N(CC(=O)Nc2ccc(OCc3ccccc3)cc2)c2cccc(Cl)c2Cl)cc1. The van der Waals surface area contributed by atoms with Gasteiger partial charge in [0.2, 0.25) is 5.91 Å². The van der Waals surface area contributed by atoms with Gasteiger partial charge in [-0.15, -0.1) is 0 Å². The number of hydrogen-bond donors (Lipinski definition) is 1. The number of ether oxygens (including phenoxy) is 1. The first-order valence-electron chi connectivity index (χ1n) is 11.3. The molecule has 0 saturated heterocycles. The Bertz CT molecular complexity index is 1480. The van der Waals surface area contributed by atoms with Gasteiger partial charge in [0.25, 0.3) is 10.0 Å². The van der Waals surface area contributed by atoms with Gasteiger partial charge in [0.15, 0.2) is 0 Å². The Labute approximate surface area is 226 Å². The smallest absolute Gasteiger partial charge is 0.264 e. The zero-order valence-electron chi connectivity index (χ0n) is 19.9. The summed E-state index contributed by atoms with van der Waals surface area (Å²) in [5, 5.41) is 2.94. The molecule has 1 N–H and O–H groups in total. The summed E-state index contributed by atoms with van der Waals surface area (Å²) in [5.74, 6) is 0.0841. The molecule has 0 saturated carbocycles. The van der Waals surface area contributed by atoms with Crippen molar-refractivity contribution in [1.82, 2.24) is 0 Å². The number of nitrogens with one attached hydrogen (secondary N) is 1. The highest BCUT2D eigenvalue weighted by Crippen LogP contribution is 2.35. The maximum Gasteiger partial charge on any atom is 0.264 e. The highest BCUT2D eigenvalue weighted by atomic mass is 35.5. The highest BCUT2D eigenvalue weighted by Gasteiger charge is 2.29. The van der Waals surface area contributed by atoms with E-state index in [0.717, 1.165) is 15.4 Å². The maximum atomic E-state index is 13.6. The standard InChI is InChI=1S/C28H24Cl2N2O4S/c1-20-10-16-24(17-11-20)37(34,35)32(26-9-5-8-25(29)28(26)30)18-27(33)31-22-12-14-23(15-13-22)36-19-21-6-3-2-4-7-21/h2-17H,18-19H2,1H3,(H,31,33). The van der Waals surface area contributed by atoms with Crippen molar-refractivity contribution in [3.8, 4) is 5.75 Å². The van der Waals surface area contributed by atoms with E-state index in [0.29, 0.717) is 18.0 Å². The van der Waals surface area contributed by atoms with E-state index >= 15 is 0 Å². The first-order valence-corrected chi connectivity index (χ1v) is 13.5. The molecule has 37 heavy (non-hydrogen) atoms. The Kier molecular flexibility index (Phi) is 8.38. The molecule has 0 spiro atoms. The number of carbonyl (C=O) groups excluding carboxylic acids is 1. The summed E-state index contributed by atoms with van der Waals surface area (Å²) in [4.78, 5) is 13.0. The number of nitrogens with zero attached hydrogens (tertiary/aromatic N) is 1. The van der Waals surface area contributed by atoms with E-state index in [1.165, 1.54) is 18.2 Å². The number of amides is 1. The van der Waals surface area contributed by atoms with Crippen molar-refractivity contribution in [2.75, 3.05) is 16.2 Å². The average Bonchev–Trinajstić information content (AvgIpc) is 2.89. The van der Waals surface area contributed by atoms with E-state index < -0.39 is 22.5 Å². The Morgan fingerprint density at radius 1 is 0.865 bits per heavy atom. The minimum absolute atomic E-state index is 0.0295. The quantitative estimate of drug-likeness (QED) is 0.249. The van der Waals surface area contributed by atoms with Crippen LogP contribution < -0.4 is 14.4 Å². The number of sulfonamides is 1. The lowest BCUT2D eigenvalue weighted by Gasteiger charge is -2.25. The third-order valence-corrected chi connectivity index (χ3v) is 8.07. The van der Waals surface area contributed by atoms with Crippen LogP contribution in [0.3, 0.4) is 0 Å². The van der Waals surface area contributed by atoms with E-state index in [2.05, 4.69) is 5.32 Å². The van der Waals surface area contributed by atoms with Crippen molar-refractivity contribution in [2.24, 2.45) is 0 Å². The number of aryl methyl sites for hydroxylation is 1. The number of carbonyl (C=O) groups is 1. The van der Waals surface area contributed by atoms with Gasteiger partial charge in [0.1, 0.15) is 18.9 Å². The molecule has 0 atom stereocenters. The van der Waals surface area contributed by atoms with Gasteiger partial charge in [0.05, 0.1) is 20.6 Å². The molecule has 6 nitrogen and oxygen atoms in total. The second kappa shape index (κ2) is 11.7. The van der Waals surface area contributed by atoms with Gasteiger partial charge >= 0.3 is 0 Å². The fourth-order valence-electron chi connectivity index (χ4n) is 3.53. The molecular formula is C28H24Cl2N2O4S. The van der Waals surface area contributed by atoms with Gasteiger partial charge in [-0.25, -0.2) is 8.42 Å². The van der Waals surface area contributed by atoms with Crippen LogP contribution in [0.1, 0.15) is 11.1 Å². The second-order valence-electron chi connectivity index (χ2n) is 8.24. The molecule has 0 aliphatic rings. The maximum absolute atomic E-state index is 13.6. The Balaban J connectivity index is 1.52. The molecule has 4 aromatic carbocycles. The van der Waals surface area contributed by atoms with Crippen molar-refractivity contribution < 1.29 is 17.9 Å². The lowest BCUT2D eigenvalue weighted by molar-refractivity contribution is -0.114. The number of hydrogen-bond acceptors (Lipinski definition) is 4. The van der Waals surface area contributed by atoms with Crippen LogP contribution in [-0.2, 0) is 21.4 Å². The molecule has 0 fully saturated rings. The fraction of sp³-hybridized carbons (Fsp3) is 0.107. The van der Waals surface area contributed by atoms with E-state index in [-0.39, 0.29) is 20.6 Å². The average molecular weight is 555 g/mol. The minimum atomic E-state index is -4.13. The molecule has 0 aromatic heterocycles. The molecule has 4 rings (SSSR count). The van der Waals surface area contributed by atoms with Gasteiger partial charge in [-0.1, -0.05) is 77.3 Å². The minimum Gasteiger partial charge on any atom is -0.489 e. The molecule has 0 aliphatic carbocycles. The summed E-state index contributed by atoms with van der Waals surface area (Å²) in [6.45, 7) is 1.76. The predicted molar refractivity (Wildman–Crippen MR) is 148 cm³/mol. The molecule has 0 aliphatic heterocycles. The number of rotatable bonds is 9. The van der Waals surface area contributed by atoms with Crippen LogP contribution in [0.2, 0.25) is 10.0 Å². The molecule has 0 heterocycles. The zero-order chi connectivity index (χ0) is 26.4. The van der Waals surface area contributed by atoms with Gasteiger partial charge in [0, 0.05) is 5.69 Å². The largest absolute Gasteiger partial charge is 0.489 e. The molecule has 9 heteroatoms. The Morgan fingerprint density at radius 3 is 2.22 bits per heavy atom. The first-order chi connectivity index (χ1) is 17.7.